The third-order valence-corrected chi connectivity index (χ3v) is 4.94. The summed E-state index contributed by atoms with van der Waals surface area (Å²) < 4.78 is 1.66. The second-order valence-corrected chi connectivity index (χ2v) is 6.81. The van der Waals surface area contributed by atoms with E-state index in [0.29, 0.717) is 22.2 Å². The molecule has 30 heavy (non-hydrogen) atoms. The number of terminal acetylenes is 3. The summed E-state index contributed by atoms with van der Waals surface area (Å²) in [5.74, 6) is 5.40. The van der Waals surface area contributed by atoms with E-state index in [-0.39, 0.29) is 0 Å². The Morgan fingerprint density at radius 1 is 0.667 bits per heavy atom. The van der Waals surface area contributed by atoms with Gasteiger partial charge in [-0.25, -0.2) is 9.97 Å². The standard InChI is InChI=1S/C26H14N4/c1-4-23-24(5-2)26-16-22-12-10-20(29-22)14-18-8-7-17(27-18)13-19-9-11-21(28-19)15-25(23)30(26)6-3/h1-3,7-16,27H. The number of aromatic nitrogens is 4. The normalized spacial score (nSPS) is 11.6. The first-order valence-electron chi connectivity index (χ1n) is 9.22. The number of rotatable bonds is 0. The van der Waals surface area contributed by atoms with E-state index in [2.05, 4.69) is 32.8 Å². The van der Waals surface area contributed by atoms with Gasteiger partial charge in [0.25, 0.3) is 0 Å². The Morgan fingerprint density at radius 2 is 1.10 bits per heavy atom. The van der Waals surface area contributed by atoms with Gasteiger partial charge in [0.15, 0.2) is 0 Å². The molecule has 0 saturated heterocycles. The molecule has 0 aromatic carbocycles. The Bertz CT molecular complexity index is 1460. The summed E-state index contributed by atoms with van der Waals surface area (Å²) in [6.07, 6.45) is 25.2. The van der Waals surface area contributed by atoms with Crippen LogP contribution in [0.2, 0.25) is 0 Å². The van der Waals surface area contributed by atoms with Gasteiger partial charge in [0.2, 0.25) is 0 Å². The van der Waals surface area contributed by atoms with Crippen molar-refractivity contribution in [2.75, 3.05) is 0 Å². The number of nitrogens with one attached hydrogen (secondary N) is 1. The van der Waals surface area contributed by atoms with E-state index in [1.165, 1.54) is 0 Å². The minimum absolute atomic E-state index is 0.562. The molecule has 4 nitrogen and oxygen atoms in total. The molecule has 8 bridgehead atoms. The zero-order chi connectivity index (χ0) is 20.7. The Balaban J connectivity index is 2.00. The van der Waals surface area contributed by atoms with Crippen LogP contribution in [0.3, 0.4) is 0 Å². The summed E-state index contributed by atoms with van der Waals surface area (Å²) >= 11 is 0. The average Bonchev–Trinajstić information content (AvgIpc) is 3.51. The molecule has 0 saturated carbocycles. The Kier molecular flexibility index (Phi) is 3.89. The highest BCUT2D eigenvalue weighted by Gasteiger charge is 2.14. The van der Waals surface area contributed by atoms with Gasteiger partial charge in [-0.15, -0.1) is 12.8 Å². The SMILES string of the molecule is C#Cc1c(C#C)c2cc3nc(cc4ccc(cc5nc(cc1n2C#C)C=C5)[nH]4)C=C3. The van der Waals surface area contributed by atoms with Gasteiger partial charge >= 0.3 is 0 Å². The highest BCUT2D eigenvalue weighted by Crippen LogP contribution is 2.26. The van der Waals surface area contributed by atoms with E-state index < -0.39 is 0 Å². The molecule has 0 unspecified atom stereocenters. The second-order valence-electron chi connectivity index (χ2n) is 6.81. The van der Waals surface area contributed by atoms with Crippen LogP contribution in [-0.4, -0.2) is 19.5 Å². The van der Waals surface area contributed by atoms with Crippen molar-refractivity contribution in [3.05, 3.63) is 70.3 Å². The van der Waals surface area contributed by atoms with Gasteiger partial charge in [0, 0.05) is 17.1 Å². The first kappa shape index (κ1) is 17.4. The van der Waals surface area contributed by atoms with Crippen LogP contribution in [0, 0.1) is 37.2 Å². The van der Waals surface area contributed by atoms with Gasteiger partial charge < -0.3 is 4.98 Å². The Hall–Kier alpha value is -4.72. The molecule has 3 aromatic rings. The highest BCUT2D eigenvalue weighted by atomic mass is 14.9. The van der Waals surface area contributed by atoms with Crippen molar-refractivity contribution >= 4 is 46.4 Å². The van der Waals surface area contributed by atoms with Crippen LogP contribution in [0.15, 0.2) is 36.4 Å². The van der Waals surface area contributed by atoms with Crippen LogP contribution in [0.1, 0.15) is 33.9 Å². The number of fused-ring (bicyclic) bond motifs is 8. The van der Waals surface area contributed by atoms with Crippen molar-refractivity contribution in [2.45, 2.75) is 0 Å². The predicted molar refractivity (Wildman–Crippen MR) is 123 cm³/mol. The quantitative estimate of drug-likeness (QED) is 0.400. The fourth-order valence-corrected chi connectivity index (χ4v) is 3.62. The van der Waals surface area contributed by atoms with E-state index in [1.807, 2.05) is 60.7 Å². The maximum atomic E-state index is 5.85. The molecule has 0 aliphatic carbocycles. The lowest BCUT2D eigenvalue weighted by molar-refractivity contribution is 1.24. The van der Waals surface area contributed by atoms with Crippen molar-refractivity contribution in [1.82, 2.24) is 19.5 Å². The number of H-pyrrole nitrogens is 1. The maximum absolute atomic E-state index is 5.85. The largest absolute Gasteiger partial charge is 0.355 e. The third-order valence-electron chi connectivity index (χ3n) is 4.94. The zero-order valence-corrected chi connectivity index (χ0v) is 15.8. The predicted octanol–water partition coefficient (Wildman–Crippen LogP) is 4.53. The molecule has 5 heterocycles. The van der Waals surface area contributed by atoms with Crippen molar-refractivity contribution in [1.29, 1.82) is 0 Å². The molecule has 0 amide bonds. The lowest BCUT2D eigenvalue weighted by Crippen LogP contribution is -1.88. The number of hydrogen-bond donors (Lipinski definition) is 1. The van der Waals surface area contributed by atoms with Gasteiger partial charge in [-0.3, -0.25) is 4.57 Å². The highest BCUT2D eigenvalue weighted by molar-refractivity contribution is 5.86. The summed E-state index contributed by atoms with van der Waals surface area (Å²) in [6.45, 7) is 0. The summed E-state index contributed by atoms with van der Waals surface area (Å²) in [6, 6.07) is 14.3. The molecule has 0 fully saturated rings. The van der Waals surface area contributed by atoms with E-state index in [0.717, 1.165) is 33.8 Å². The molecule has 0 atom stereocenters. The molecular formula is C26H14N4. The van der Waals surface area contributed by atoms with Crippen LogP contribution >= 0.6 is 0 Å². The molecule has 138 valence electrons. The van der Waals surface area contributed by atoms with Gasteiger partial charge in [0.05, 0.1) is 44.9 Å². The van der Waals surface area contributed by atoms with E-state index in [9.17, 15) is 0 Å². The Labute approximate surface area is 173 Å². The number of hydrogen-bond acceptors (Lipinski definition) is 2. The van der Waals surface area contributed by atoms with Crippen molar-refractivity contribution in [2.24, 2.45) is 0 Å². The fraction of sp³-hybridized carbons (Fsp3) is 0. The smallest absolute Gasteiger partial charge is 0.0737 e. The first-order chi connectivity index (χ1) is 14.7. The minimum atomic E-state index is 0.562. The number of nitrogens with zero attached hydrogens (tertiary/aromatic N) is 3. The molecular weight excluding hydrogens is 368 g/mol. The fourth-order valence-electron chi connectivity index (χ4n) is 3.62. The second kappa shape index (κ2) is 6.71. The van der Waals surface area contributed by atoms with Gasteiger partial charge in [-0.05, 0) is 60.7 Å². The van der Waals surface area contributed by atoms with Gasteiger partial charge in [0.1, 0.15) is 0 Å². The van der Waals surface area contributed by atoms with Crippen molar-refractivity contribution < 1.29 is 0 Å². The first-order valence-corrected chi connectivity index (χ1v) is 9.22. The van der Waals surface area contributed by atoms with Gasteiger partial charge in [-0.1, -0.05) is 18.3 Å². The molecule has 1 N–H and O–H groups in total. The topological polar surface area (TPSA) is 46.5 Å². The summed E-state index contributed by atoms with van der Waals surface area (Å²) in [5.41, 5.74) is 7.43. The van der Waals surface area contributed by atoms with Crippen LogP contribution in [-0.2, 0) is 0 Å². The van der Waals surface area contributed by atoms with Crippen LogP contribution in [0.5, 0.6) is 0 Å². The van der Waals surface area contributed by atoms with E-state index >= 15 is 0 Å². The maximum Gasteiger partial charge on any atom is 0.0737 e. The van der Waals surface area contributed by atoms with Gasteiger partial charge in [-0.2, -0.15) is 0 Å². The van der Waals surface area contributed by atoms with Crippen LogP contribution in [0.4, 0.5) is 0 Å². The molecule has 0 radical (unpaired) electrons. The summed E-state index contributed by atoms with van der Waals surface area (Å²) in [4.78, 5) is 12.7. The lowest BCUT2D eigenvalue weighted by Gasteiger charge is -1.95. The molecule has 3 aromatic heterocycles. The minimum Gasteiger partial charge on any atom is -0.355 e. The van der Waals surface area contributed by atoms with E-state index in [1.54, 1.807) is 4.57 Å². The summed E-state index contributed by atoms with van der Waals surface area (Å²) in [5, 5.41) is 0. The summed E-state index contributed by atoms with van der Waals surface area (Å²) in [7, 11) is 0. The molecule has 2 aliphatic rings. The zero-order valence-electron chi connectivity index (χ0n) is 15.8. The molecule has 5 rings (SSSR count). The van der Waals surface area contributed by atoms with Crippen molar-refractivity contribution in [3.63, 3.8) is 0 Å². The third kappa shape index (κ3) is 2.80. The van der Waals surface area contributed by atoms with Crippen LogP contribution < -0.4 is 0 Å². The molecule has 0 spiro atoms. The number of aromatic amines is 1. The lowest BCUT2D eigenvalue weighted by atomic mass is 10.1. The van der Waals surface area contributed by atoms with Crippen LogP contribution in [0.25, 0.3) is 46.4 Å². The monoisotopic (exact) mass is 382 g/mol. The Morgan fingerprint density at radius 3 is 1.50 bits per heavy atom. The molecule has 2 aliphatic heterocycles. The molecule has 4 heteroatoms. The average molecular weight is 382 g/mol. The van der Waals surface area contributed by atoms with Crippen molar-refractivity contribution in [3.8, 4) is 37.2 Å². The van der Waals surface area contributed by atoms with E-state index in [4.69, 9.17) is 19.3 Å².